The SMILES string of the molecule is COc1cc(C(C)N)ccc1Br.COc1cc(C(C)Nc2ncnc3sccc23)ccc1Br.Clc1ncnc2sccc12. The minimum absolute atomic E-state index is 0.0481. The van der Waals surface area contributed by atoms with E-state index >= 15 is 0 Å². The largest absolute Gasteiger partial charge is 0.496 e. The molecule has 2 unspecified atom stereocenters. The van der Waals surface area contributed by atoms with Crippen LogP contribution >= 0.6 is 66.1 Å². The van der Waals surface area contributed by atoms with E-state index in [1.807, 2.05) is 60.1 Å². The van der Waals surface area contributed by atoms with Crippen molar-refractivity contribution in [1.82, 2.24) is 19.9 Å². The Morgan fingerprint density at radius 3 is 1.88 bits per heavy atom. The number of methoxy groups -OCH3 is 2. The first-order chi connectivity index (χ1) is 20.7. The summed E-state index contributed by atoms with van der Waals surface area (Å²) in [6, 6.07) is 16.1. The molecule has 43 heavy (non-hydrogen) atoms. The standard InChI is InChI=1S/C15H14BrN3OS.C9H12BrNO.C6H3ClN2S/c1-9(10-3-4-12(16)13(7-10)20-2)19-14-11-5-6-21-15(11)18-8-17-14;1-6(11)7-3-4-8(10)9(5-7)12-2;7-5-4-1-2-10-6(4)9-3-8-5/h3-9H,1-2H3,(H,17,18,19);3-6H,11H2,1-2H3;1-3H. The lowest BCUT2D eigenvalue weighted by Crippen LogP contribution is -2.08. The quantitative estimate of drug-likeness (QED) is 0.162. The monoisotopic (exact) mass is 762 g/mol. The Balaban J connectivity index is 0.000000162. The molecule has 0 radical (unpaired) electrons. The lowest BCUT2D eigenvalue weighted by molar-refractivity contribution is 0.411. The molecule has 0 aliphatic heterocycles. The Hall–Kier alpha value is -2.87. The molecule has 4 aromatic heterocycles. The Labute approximate surface area is 279 Å². The van der Waals surface area contributed by atoms with Crippen molar-refractivity contribution in [3.63, 3.8) is 0 Å². The molecule has 13 heteroatoms. The number of nitrogens with zero attached hydrogens (tertiary/aromatic N) is 4. The Morgan fingerprint density at radius 1 is 0.767 bits per heavy atom. The van der Waals surface area contributed by atoms with Crippen molar-refractivity contribution in [1.29, 1.82) is 0 Å². The lowest BCUT2D eigenvalue weighted by Gasteiger charge is -2.16. The molecule has 0 aliphatic carbocycles. The maximum atomic E-state index is 5.75. The van der Waals surface area contributed by atoms with E-state index in [1.165, 1.54) is 6.33 Å². The van der Waals surface area contributed by atoms with Crippen molar-refractivity contribution in [3.8, 4) is 11.5 Å². The van der Waals surface area contributed by atoms with Crippen molar-refractivity contribution in [2.75, 3.05) is 19.5 Å². The smallest absolute Gasteiger partial charge is 0.141 e. The van der Waals surface area contributed by atoms with E-state index < -0.39 is 0 Å². The van der Waals surface area contributed by atoms with Crippen LogP contribution in [-0.2, 0) is 0 Å². The number of anilines is 1. The molecule has 0 fully saturated rings. The van der Waals surface area contributed by atoms with Gasteiger partial charge in [0.1, 0.15) is 44.8 Å². The molecule has 0 spiro atoms. The molecule has 8 nitrogen and oxygen atoms in total. The zero-order valence-electron chi connectivity index (χ0n) is 23.7. The van der Waals surface area contributed by atoms with Gasteiger partial charge in [0.05, 0.1) is 34.6 Å². The number of hydrogen-bond donors (Lipinski definition) is 2. The van der Waals surface area contributed by atoms with E-state index in [0.717, 1.165) is 57.8 Å². The molecule has 0 bridgehead atoms. The normalized spacial score (nSPS) is 12.0. The molecule has 0 saturated heterocycles. The minimum atomic E-state index is 0.0481. The number of ether oxygens (including phenoxy) is 2. The Bertz CT molecular complexity index is 1800. The highest BCUT2D eigenvalue weighted by Gasteiger charge is 2.12. The molecule has 6 aromatic rings. The van der Waals surface area contributed by atoms with Gasteiger partial charge in [-0.15, -0.1) is 22.7 Å². The molecule has 0 aliphatic rings. The Morgan fingerprint density at radius 2 is 1.30 bits per heavy atom. The maximum absolute atomic E-state index is 5.75. The predicted octanol–water partition coefficient (Wildman–Crippen LogP) is 9.46. The van der Waals surface area contributed by atoms with Gasteiger partial charge in [-0.2, -0.15) is 0 Å². The number of fused-ring (bicyclic) bond motifs is 2. The van der Waals surface area contributed by atoms with Gasteiger partial charge in [0, 0.05) is 11.4 Å². The van der Waals surface area contributed by atoms with Gasteiger partial charge in [-0.3, -0.25) is 0 Å². The number of aromatic nitrogens is 4. The number of thiophene rings is 2. The highest BCUT2D eigenvalue weighted by molar-refractivity contribution is 9.10. The summed E-state index contributed by atoms with van der Waals surface area (Å²) < 4.78 is 12.4. The summed E-state index contributed by atoms with van der Waals surface area (Å²) in [7, 11) is 3.31. The first kappa shape index (κ1) is 33.0. The third-order valence-corrected chi connectivity index (χ3v) is 9.46. The maximum Gasteiger partial charge on any atom is 0.141 e. The summed E-state index contributed by atoms with van der Waals surface area (Å²) in [5.41, 5.74) is 7.93. The number of nitrogens with one attached hydrogen (secondary N) is 1. The number of benzene rings is 2. The Kier molecular flexibility index (Phi) is 12.1. The molecule has 224 valence electrons. The van der Waals surface area contributed by atoms with E-state index in [1.54, 1.807) is 43.2 Å². The average Bonchev–Trinajstić information content (AvgIpc) is 3.69. The van der Waals surface area contributed by atoms with Crippen molar-refractivity contribution in [2.24, 2.45) is 5.73 Å². The molecule has 2 aromatic carbocycles. The first-order valence-electron chi connectivity index (χ1n) is 12.9. The van der Waals surface area contributed by atoms with Gasteiger partial charge >= 0.3 is 0 Å². The topological polar surface area (TPSA) is 108 Å². The molecule has 4 heterocycles. The zero-order valence-corrected chi connectivity index (χ0v) is 29.3. The van der Waals surface area contributed by atoms with E-state index in [9.17, 15) is 0 Å². The fourth-order valence-corrected chi connectivity index (χ4v) is 6.39. The van der Waals surface area contributed by atoms with Crippen molar-refractivity contribution in [2.45, 2.75) is 25.9 Å². The van der Waals surface area contributed by atoms with Crippen LogP contribution in [0.25, 0.3) is 20.4 Å². The van der Waals surface area contributed by atoms with E-state index in [2.05, 4.69) is 70.1 Å². The fourth-order valence-electron chi connectivity index (χ4n) is 3.86. The molecular weight excluding hydrogens is 736 g/mol. The van der Waals surface area contributed by atoms with Gasteiger partial charge in [0.25, 0.3) is 0 Å². The number of rotatable bonds is 6. The third-order valence-electron chi connectivity index (χ3n) is 6.20. The van der Waals surface area contributed by atoms with Gasteiger partial charge < -0.3 is 20.5 Å². The highest BCUT2D eigenvalue weighted by Crippen LogP contribution is 2.31. The van der Waals surface area contributed by atoms with Crippen LogP contribution in [-0.4, -0.2) is 34.2 Å². The zero-order chi connectivity index (χ0) is 30.9. The average molecular weight is 765 g/mol. The van der Waals surface area contributed by atoms with Crippen LogP contribution in [0, 0.1) is 0 Å². The van der Waals surface area contributed by atoms with Gasteiger partial charge in [0.2, 0.25) is 0 Å². The van der Waals surface area contributed by atoms with Crippen LogP contribution in [0.15, 0.2) is 80.9 Å². The lowest BCUT2D eigenvalue weighted by atomic mass is 10.1. The summed E-state index contributed by atoms with van der Waals surface area (Å²) in [4.78, 5) is 18.4. The van der Waals surface area contributed by atoms with Gasteiger partial charge in [-0.05, 0) is 104 Å². The highest BCUT2D eigenvalue weighted by atomic mass is 79.9. The second-order valence-electron chi connectivity index (χ2n) is 9.11. The number of halogens is 3. The van der Waals surface area contributed by atoms with Crippen LogP contribution in [0.3, 0.4) is 0 Å². The molecular formula is C30H29Br2ClN6O2S2. The van der Waals surface area contributed by atoms with Crippen molar-refractivity contribution < 1.29 is 9.47 Å². The second kappa shape index (κ2) is 15.7. The molecule has 0 saturated carbocycles. The second-order valence-corrected chi connectivity index (χ2v) is 13.0. The number of nitrogens with two attached hydrogens (primary N) is 1. The minimum Gasteiger partial charge on any atom is -0.496 e. The summed E-state index contributed by atoms with van der Waals surface area (Å²) >= 11 is 15.8. The fraction of sp³-hybridized carbons (Fsp3) is 0.200. The van der Waals surface area contributed by atoms with Crippen LogP contribution in [0.2, 0.25) is 5.15 Å². The summed E-state index contributed by atoms with van der Waals surface area (Å²) in [6.45, 7) is 4.05. The van der Waals surface area contributed by atoms with Crippen LogP contribution in [0.1, 0.15) is 37.1 Å². The third kappa shape index (κ3) is 8.62. The van der Waals surface area contributed by atoms with Crippen molar-refractivity contribution >= 4 is 92.4 Å². The summed E-state index contributed by atoms with van der Waals surface area (Å²) in [6.07, 6.45) is 3.07. The summed E-state index contributed by atoms with van der Waals surface area (Å²) in [5, 5.41) is 9.94. The van der Waals surface area contributed by atoms with Crippen LogP contribution in [0.5, 0.6) is 11.5 Å². The van der Waals surface area contributed by atoms with Gasteiger partial charge in [0.15, 0.2) is 0 Å². The van der Waals surface area contributed by atoms with Crippen molar-refractivity contribution in [3.05, 3.63) is 97.2 Å². The van der Waals surface area contributed by atoms with E-state index in [0.29, 0.717) is 5.15 Å². The molecule has 0 amide bonds. The van der Waals surface area contributed by atoms with Gasteiger partial charge in [-0.25, -0.2) is 19.9 Å². The predicted molar refractivity (Wildman–Crippen MR) is 186 cm³/mol. The molecule has 6 rings (SSSR count). The number of hydrogen-bond acceptors (Lipinski definition) is 10. The van der Waals surface area contributed by atoms with E-state index in [-0.39, 0.29) is 12.1 Å². The molecule has 3 N–H and O–H groups in total. The van der Waals surface area contributed by atoms with Gasteiger partial charge in [-0.1, -0.05) is 23.7 Å². The van der Waals surface area contributed by atoms with Crippen LogP contribution < -0.4 is 20.5 Å². The molecule has 2 atom stereocenters. The van der Waals surface area contributed by atoms with Crippen LogP contribution in [0.4, 0.5) is 5.82 Å². The first-order valence-corrected chi connectivity index (χ1v) is 16.6. The van der Waals surface area contributed by atoms with E-state index in [4.69, 9.17) is 26.8 Å². The summed E-state index contributed by atoms with van der Waals surface area (Å²) in [5.74, 6) is 2.50.